The molecule has 9 nitrogen and oxygen atoms in total. The Balaban J connectivity index is 5.31. The lowest BCUT2D eigenvalue weighted by Crippen LogP contribution is -2.47. The number of likely N-dealkylation sites (N-methyl/N-ethyl adjacent to an activating group) is 1. The average molecular weight is 1090 g/mol. The summed E-state index contributed by atoms with van der Waals surface area (Å²) in [5.74, 6) is -0.610. The van der Waals surface area contributed by atoms with Crippen LogP contribution in [0.5, 0.6) is 0 Å². The van der Waals surface area contributed by atoms with Gasteiger partial charge >= 0.3 is 13.8 Å². The highest BCUT2D eigenvalue weighted by Gasteiger charge is 2.30. The summed E-state index contributed by atoms with van der Waals surface area (Å²) in [7, 11) is 1.44. The SMILES string of the molecule is CC/C=C\C/C=C\C/C=C\C/C=C\C/C=C\C/C=C\CCC(=O)NC(COP(=O)(O)OCC[N+](C)(C)C)C(/C=C/CCCCCCCCCCC)OC(=O)CCCCCCCCCCCCC/C=C\C/C=C\CCCCC. The molecule has 0 aliphatic rings. The molecule has 0 aliphatic heterocycles. The molecular weight excluding hydrogens is 976 g/mol. The number of esters is 1. The number of hydrogen-bond acceptors (Lipinski definition) is 6. The van der Waals surface area contributed by atoms with E-state index in [1.54, 1.807) is 0 Å². The molecule has 2 N–H and O–H groups in total. The van der Waals surface area contributed by atoms with Crippen molar-refractivity contribution < 1.29 is 37.3 Å². The fourth-order valence-corrected chi connectivity index (χ4v) is 9.14. The van der Waals surface area contributed by atoms with E-state index in [1.807, 2.05) is 39.4 Å². The van der Waals surface area contributed by atoms with Gasteiger partial charge in [-0.05, 0) is 102 Å². The lowest BCUT2D eigenvalue weighted by atomic mass is 10.0. The van der Waals surface area contributed by atoms with Gasteiger partial charge in [-0.1, -0.05) is 246 Å². The Labute approximate surface area is 474 Å². The summed E-state index contributed by atoms with van der Waals surface area (Å²) < 4.78 is 30.6. The van der Waals surface area contributed by atoms with E-state index in [2.05, 4.69) is 117 Å². The van der Waals surface area contributed by atoms with Crippen molar-refractivity contribution in [1.29, 1.82) is 0 Å². The Morgan fingerprint density at radius 2 is 0.844 bits per heavy atom. The minimum absolute atomic E-state index is 0.0214. The summed E-state index contributed by atoms with van der Waals surface area (Å²) in [5.41, 5.74) is 0. The number of allylic oxidation sites excluding steroid dienone is 17. The van der Waals surface area contributed by atoms with Crippen LogP contribution in [0.4, 0.5) is 0 Å². The second-order valence-corrected chi connectivity index (χ2v) is 23.3. The maximum atomic E-state index is 13.5. The highest BCUT2D eigenvalue weighted by atomic mass is 31.2. The number of phosphoric ester groups is 1. The second kappa shape index (κ2) is 56.0. The van der Waals surface area contributed by atoms with Crippen LogP contribution >= 0.6 is 7.82 Å². The maximum absolute atomic E-state index is 13.5. The van der Waals surface area contributed by atoms with Gasteiger partial charge in [-0.15, -0.1) is 0 Å². The van der Waals surface area contributed by atoms with Gasteiger partial charge in [-0.25, -0.2) is 4.57 Å². The first-order chi connectivity index (χ1) is 37.4. The van der Waals surface area contributed by atoms with Gasteiger partial charge in [0.15, 0.2) is 0 Å². The van der Waals surface area contributed by atoms with E-state index in [4.69, 9.17) is 13.8 Å². The molecule has 77 heavy (non-hydrogen) atoms. The Kier molecular flexibility index (Phi) is 53.5. The lowest BCUT2D eigenvalue weighted by Gasteiger charge is -2.27. The zero-order valence-electron chi connectivity index (χ0n) is 50.4. The van der Waals surface area contributed by atoms with Gasteiger partial charge < -0.3 is 19.4 Å². The van der Waals surface area contributed by atoms with Crippen molar-refractivity contribution in [2.24, 2.45) is 0 Å². The van der Waals surface area contributed by atoms with Gasteiger partial charge in [0.25, 0.3) is 0 Å². The summed E-state index contributed by atoms with van der Waals surface area (Å²) >= 11 is 0. The number of quaternary nitrogens is 1. The minimum atomic E-state index is -4.47. The van der Waals surface area contributed by atoms with Crippen LogP contribution in [0.1, 0.15) is 252 Å². The van der Waals surface area contributed by atoms with E-state index < -0.39 is 20.0 Å². The Hall–Kier alpha value is -3.33. The van der Waals surface area contributed by atoms with Gasteiger partial charge in [0, 0.05) is 12.8 Å². The quantitative estimate of drug-likeness (QED) is 0.0205. The molecule has 0 fully saturated rings. The van der Waals surface area contributed by atoms with Crippen LogP contribution in [0.15, 0.2) is 109 Å². The predicted molar refractivity (Wildman–Crippen MR) is 332 cm³/mol. The van der Waals surface area contributed by atoms with Crippen molar-refractivity contribution in [2.75, 3.05) is 40.9 Å². The number of nitrogens with zero attached hydrogens (tertiary/aromatic N) is 1. The second-order valence-electron chi connectivity index (χ2n) is 21.8. The fourth-order valence-electron chi connectivity index (χ4n) is 8.40. The number of amides is 1. The van der Waals surface area contributed by atoms with Crippen LogP contribution in [-0.4, -0.2) is 74.3 Å². The van der Waals surface area contributed by atoms with Crippen molar-refractivity contribution in [3.05, 3.63) is 109 Å². The van der Waals surface area contributed by atoms with Gasteiger partial charge in [-0.3, -0.25) is 18.6 Å². The topological polar surface area (TPSA) is 111 Å². The predicted octanol–water partition coefficient (Wildman–Crippen LogP) is 19.3. The van der Waals surface area contributed by atoms with Crippen LogP contribution in [0.25, 0.3) is 0 Å². The number of unbranched alkanes of at least 4 members (excludes halogenated alkanes) is 23. The van der Waals surface area contributed by atoms with Gasteiger partial charge in [0.2, 0.25) is 5.91 Å². The number of hydrogen-bond donors (Lipinski definition) is 2. The zero-order valence-corrected chi connectivity index (χ0v) is 51.3. The number of nitrogens with one attached hydrogen (secondary N) is 1. The molecule has 1 amide bonds. The highest BCUT2D eigenvalue weighted by molar-refractivity contribution is 7.47. The highest BCUT2D eigenvalue weighted by Crippen LogP contribution is 2.43. The molecule has 3 atom stereocenters. The number of ether oxygens (including phenoxy) is 1. The molecule has 0 aromatic rings. The third-order valence-electron chi connectivity index (χ3n) is 13.2. The molecule has 0 spiro atoms. The zero-order chi connectivity index (χ0) is 56.4. The first-order valence-corrected chi connectivity index (χ1v) is 32.7. The van der Waals surface area contributed by atoms with E-state index in [-0.39, 0.29) is 37.9 Å². The van der Waals surface area contributed by atoms with Crippen LogP contribution in [0, 0.1) is 0 Å². The van der Waals surface area contributed by atoms with Crippen LogP contribution in [0.2, 0.25) is 0 Å². The summed E-state index contributed by atoms with van der Waals surface area (Å²) in [6, 6.07) is -0.896. The Morgan fingerprint density at radius 1 is 0.468 bits per heavy atom. The van der Waals surface area contributed by atoms with Crippen LogP contribution in [-0.2, 0) is 27.9 Å². The molecule has 0 saturated carbocycles. The maximum Gasteiger partial charge on any atom is 0.472 e. The molecule has 0 aromatic heterocycles. The normalized spacial score (nSPS) is 14.4. The monoisotopic (exact) mass is 1090 g/mol. The standard InChI is InChI=1S/C67H117N2O7P/c1-7-10-13-16-19-22-25-27-29-31-33-34-36-38-40-42-45-48-51-54-57-60-67(71)76-65(58-55-52-49-46-43-24-21-18-15-12-9-3)64(63-75-77(72,73)74-62-61-69(4,5)6)68-66(70)59-56-53-50-47-44-41-39-37-35-32-30-28-26-23-20-17-14-11-8-2/h11,14,19-20,22-23,27-30,35,37,41,44,50,53,55,58,64-65H,7-10,12-13,15-18,21,24-26,31-34,36,38-40,42-43,45-49,51-52,54,56-57,59-63H2,1-6H3,(H-,68,70,72,73)/p+1/b14-11-,22-19-,23-20-,29-27-,30-28-,37-35-,44-41-,53-50-,58-55+. The van der Waals surface area contributed by atoms with Crippen LogP contribution < -0.4 is 5.32 Å². The third-order valence-corrected chi connectivity index (χ3v) is 14.2. The van der Waals surface area contributed by atoms with Crippen molar-refractivity contribution in [3.63, 3.8) is 0 Å². The minimum Gasteiger partial charge on any atom is -0.456 e. The molecule has 0 heterocycles. The molecule has 0 radical (unpaired) electrons. The Morgan fingerprint density at radius 3 is 1.30 bits per heavy atom. The molecular formula is C67H118N2O7P+. The number of phosphoric acid groups is 1. The van der Waals surface area contributed by atoms with Gasteiger partial charge in [0.1, 0.15) is 19.3 Å². The number of rotatable bonds is 55. The third kappa shape index (κ3) is 57.2. The summed E-state index contributed by atoms with van der Waals surface area (Å²) in [5, 5.41) is 3.00. The molecule has 0 bridgehead atoms. The molecule has 0 aliphatic carbocycles. The molecule has 10 heteroatoms. The molecule has 0 rings (SSSR count). The smallest absolute Gasteiger partial charge is 0.456 e. The average Bonchev–Trinajstić information content (AvgIpc) is 3.39. The lowest BCUT2D eigenvalue weighted by molar-refractivity contribution is -0.870. The van der Waals surface area contributed by atoms with E-state index in [0.29, 0.717) is 17.4 Å². The van der Waals surface area contributed by atoms with Gasteiger partial charge in [0.05, 0.1) is 33.8 Å². The number of carbonyl (C=O) groups is 2. The van der Waals surface area contributed by atoms with E-state index in [0.717, 1.165) is 83.5 Å². The fraction of sp³-hybridized carbons (Fsp3) is 0.701. The number of carbonyl (C=O) groups excluding carboxylic acids is 2. The molecule has 0 saturated heterocycles. The first-order valence-electron chi connectivity index (χ1n) is 31.2. The van der Waals surface area contributed by atoms with Crippen molar-refractivity contribution >= 4 is 19.7 Å². The summed E-state index contributed by atoms with van der Waals surface area (Å²) in [4.78, 5) is 37.7. The van der Waals surface area contributed by atoms with E-state index >= 15 is 0 Å². The van der Waals surface area contributed by atoms with Crippen molar-refractivity contribution in [3.8, 4) is 0 Å². The van der Waals surface area contributed by atoms with E-state index in [9.17, 15) is 19.0 Å². The summed E-state index contributed by atoms with van der Waals surface area (Å²) in [6.07, 6.45) is 76.8. The molecule has 442 valence electrons. The van der Waals surface area contributed by atoms with Gasteiger partial charge in [-0.2, -0.15) is 0 Å². The first kappa shape index (κ1) is 73.7. The molecule has 0 aromatic carbocycles. The largest absolute Gasteiger partial charge is 0.472 e. The Bertz CT molecular complexity index is 1690. The van der Waals surface area contributed by atoms with Crippen LogP contribution in [0.3, 0.4) is 0 Å². The van der Waals surface area contributed by atoms with Crippen molar-refractivity contribution in [1.82, 2.24) is 5.32 Å². The van der Waals surface area contributed by atoms with Crippen molar-refractivity contribution in [2.45, 2.75) is 264 Å². The summed E-state index contributed by atoms with van der Waals surface area (Å²) in [6.45, 7) is 6.80. The molecule has 3 unspecified atom stereocenters. The van der Waals surface area contributed by atoms with E-state index in [1.165, 1.54) is 128 Å².